The Balaban J connectivity index is 4.06. The van der Waals surface area contributed by atoms with Gasteiger partial charge < -0.3 is 30.5 Å². The average molecular weight is 251 g/mol. The Labute approximate surface area is 97.9 Å². The second-order valence-corrected chi connectivity index (χ2v) is 3.34. The number of ether oxygens (including phenoxy) is 2. The third kappa shape index (κ3) is 6.17. The molecule has 0 saturated heterocycles. The Morgan fingerprint density at radius 2 is 1.82 bits per heavy atom. The first kappa shape index (κ1) is 15.8. The van der Waals surface area contributed by atoms with E-state index in [1.165, 1.54) is 6.92 Å². The first-order valence-electron chi connectivity index (χ1n) is 4.94. The van der Waals surface area contributed by atoms with Gasteiger partial charge in [-0.1, -0.05) is 0 Å². The predicted molar refractivity (Wildman–Crippen MR) is 54.7 cm³/mol. The highest BCUT2D eigenvalue weighted by molar-refractivity contribution is 5.76. The van der Waals surface area contributed by atoms with Crippen LogP contribution in [0.3, 0.4) is 0 Å². The largest absolute Gasteiger partial charge is 0.460 e. The third-order valence-corrected chi connectivity index (χ3v) is 1.74. The minimum atomic E-state index is -1.33. The quantitative estimate of drug-likeness (QED) is 0.354. The molecule has 0 amide bonds. The van der Waals surface area contributed by atoms with Crippen LogP contribution in [0.5, 0.6) is 0 Å². The van der Waals surface area contributed by atoms with E-state index in [1.807, 2.05) is 0 Å². The van der Waals surface area contributed by atoms with Crippen molar-refractivity contribution < 1.29 is 34.4 Å². The highest BCUT2D eigenvalue weighted by atomic mass is 16.6. The fraction of sp³-hybridized carbons (Fsp3) is 0.778. The summed E-state index contributed by atoms with van der Waals surface area (Å²) in [4.78, 5) is 22.0. The number of esters is 2. The Morgan fingerprint density at radius 3 is 2.24 bits per heavy atom. The van der Waals surface area contributed by atoms with Crippen molar-refractivity contribution in [2.45, 2.75) is 25.2 Å². The van der Waals surface area contributed by atoms with Crippen LogP contribution < -0.4 is 5.73 Å². The number of hydrogen-bond acceptors (Lipinski definition) is 8. The van der Waals surface area contributed by atoms with E-state index in [2.05, 4.69) is 9.47 Å². The molecule has 0 fully saturated rings. The van der Waals surface area contributed by atoms with Crippen LogP contribution in [0.4, 0.5) is 0 Å². The molecule has 100 valence electrons. The summed E-state index contributed by atoms with van der Waals surface area (Å²) in [5.74, 6) is -1.81. The van der Waals surface area contributed by atoms with E-state index in [0.29, 0.717) is 0 Å². The number of carbonyl (C=O) groups is 2. The second-order valence-electron chi connectivity index (χ2n) is 3.34. The highest BCUT2D eigenvalue weighted by Gasteiger charge is 2.21. The molecule has 0 aliphatic rings. The first-order chi connectivity index (χ1) is 7.92. The minimum Gasteiger partial charge on any atom is -0.460 e. The van der Waals surface area contributed by atoms with Crippen LogP contribution >= 0.6 is 0 Å². The molecule has 0 heterocycles. The molecule has 0 aliphatic heterocycles. The molecule has 8 nitrogen and oxygen atoms in total. The zero-order valence-corrected chi connectivity index (χ0v) is 9.41. The molecule has 8 heteroatoms. The third-order valence-electron chi connectivity index (χ3n) is 1.74. The van der Waals surface area contributed by atoms with Crippen molar-refractivity contribution in [1.82, 2.24) is 0 Å². The highest BCUT2D eigenvalue weighted by Crippen LogP contribution is 1.98. The predicted octanol–water partition coefficient (Wildman–Crippen LogP) is -2.87. The maximum atomic E-state index is 11.0. The monoisotopic (exact) mass is 251 g/mol. The van der Waals surface area contributed by atoms with Crippen LogP contribution in [0.15, 0.2) is 0 Å². The summed E-state index contributed by atoms with van der Waals surface area (Å²) in [6.07, 6.45) is -2.41. The van der Waals surface area contributed by atoms with E-state index in [9.17, 15) is 9.59 Å². The van der Waals surface area contributed by atoms with Crippen molar-refractivity contribution in [1.29, 1.82) is 0 Å². The molecule has 2 unspecified atom stereocenters. The van der Waals surface area contributed by atoms with Gasteiger partial charge in [-0.25, -0.2) is 4.79 Å². The summed E-state index contributed by atoms with van der Waals surface area (Å²) < 4.78 is 9.19. The molecule has 0 aromatic carbocycles. The molecule has 0 radical (unpaired) electrons. The standard InChI is InChI=1S/C9H17NO7/c1-5(13)8(14)17-6(2-11)4-16-9(15)7(10)3-12/h5-7,11-13H,2-4,10H2,1H3/t5?,6?,7-/m0/s1. The smallest absolute Gasteiger partial charge is 0.335 e. The van der Waals surface area contributed by atoms with Gasteiger partial charge in [0.25, 0.3) is 0 Å². The van der Waals surface area contributed by atoms with Gasteiger partial charge in [-0.05, 0) is 6.92 Å². The van der Waals surface area contributed by atoms with Crippen LogP contribution in [0.1, 0.15) is 6.92 Å². The molecule has 0 spiro atoms. The number of aliphatic hydroxyl groups is 3. The molecule has 0 aromatic rings. The molecule has 0 rings (SSSR count). The fourth-order valence-electron chi connectivity index (χ4n) is 0.743. The molecule has 0 bridgehead atoms. The number of nitrogens with two attached hydrogens (primary N) is 1. The normalized spacial score (nSPS) is 15.8. The van der Waals surface area contributed by atoms with Crippen molar-refractivity contribution in [3.8, 4) is 0 Å². The van der Waals surface area contributed by atoms with Gasteiger partial charge in [0.1, 0.15) is 18.8 Å². The summed E-state index contributed by atoms with van der Waals surface area (Å²) in [7, 11) is 0. The lowest BCUT2D eigenvalue weighted by atomic mass is 10.3. The lowest BCUT2D eigenvalue weighted by Crippen LogP contribution is -2.39. The molecule has 0 aromatic heterocycles. The number of aliphatic hydroxyl groups excluding tert-OH is 3. The SMILES string of the molecule is CC(O)C(=O)OC(CO)COC(=O)[C@@H](N)CO. The molecular formula is C9H17NO7. The van der Waals surface area contributed by atoms with Crippen LogP contribution in [-0.2, 0) is 19.1 Å². The van der Waals surface area contributed by atoms with Gasteiger partial charge in [-0.3, -0.25) is 4.79 Å². The summed E-state index contributed by atoms with van der Waals surface area (Å²) in [6.45, 7) is -0.345. The van der Waals surface area contributed by atoms with Crippen molar-refractivity contribution in [3.05, 3.63) is 0 Å². The van der Waals surface area contributed by atoms with Gasteiger partial charge in [0, 0.05) is 0 Å². The number of rotatable bonds is 7. The van der Waals surface area contributed by atoms with Crippen LogP contribution in [-0.4, -0.2) is 65.3 Å². The molecule has 5 N–H and O–H groups in total. The maximum absolute atomic E-state index is 11.0. The fourth-order valence-corrected chi connectivity index (χ4v) is 0.743. The van der Waals surface area contributed by atoms with E-state index in [4.69, 9.17) is 21.1 Å². The van der Waals surface area contributed by atoms with Gasteiger partial charge >= 0.3 is 11.9 Å². The Bertz CT molecular complexity index is 256. The number of hydrogen-bond donors (Lipinski definition) is 4. The Hall–Kier alpha value is -1.22. The topological polar surface area (TPSA) is 139 Å². The molecule has 0 aliphatic carbocycles. The van der Waals surface area contributed by atoms with Gasteiger partial charge in [-0.2, -0.15) is 0 Å². The minimum absolute atomic E-state index is 0.401. The van der Waals surface area contributed by atoms with Gasteiger partial charge in [0.2, 0.25) is 0 Å². The number of carbonyl (C=O) groups excluding carboxylic acids is 2. The van der Waals surface area contributed by atoms with Crippen molar-refractivity contribution >= 4 is 11.9 Å². The molecule has 17 heavy (non-hydrogen) atoms. The average Bonchev–Trinajstić information content (AvgIpc) is 2.32. The van der Waals surface area contributed by atoms with Crippen LogP contribution in [0.25, 0.3) is 0 Å². The zero-order chi connectivity index (χ0) is 13.4. The van der Waals surface area contributed by atoms with E-state index >= 15 is 0 Å². The summed E-state index contributed by atoms with van der Waals surface area (Å²) in [6, 6.07) is -1.18. The summed E-state index contributed by atoms with van der Waals surface area (Å²) in [5, 5.41) is 26.2. The maximum Gasteiger partial charge on any atom is 0.335 e. The Morgan fingerprint density at radius 1 is 1.24 bits per heavy atom. The van der Waals surface area contributed by atoms with Crippen LogP contribution in [0.2, 0.25) is 0 Å². The summed E-state index contributed by atoms with van der Waals surface area (Å²) >= 11 is 0. The second kappa shape index (κ2) is 7.96. The van der Waals surface area contributed by atoms with E-state index in [0.717, 1.165) is 0 Å². The van der Waals surface area contributed by atoms with Crippen LogP contribution in [0, 0.1) is 0 Å². The lowest BCUT2D eigenvalue weighted by Gasteiger charge is -2.17. The van der Waals surface area contributed by atoms with Gasteiger partial charge in [0.05, 0.1) is 13.2 Å². The first-order valence-corrected chi connectivity index (χ1v) is 4.94. The van der Waals surface area contributed by atoms with Crippen molar-refractivity contribution in [3.63, 3.8) is 0 Å². The zero-order valence-electron chi connectivity index (χ0n) is 9.41. The molecular weight excluding hydrogens is 234 g/mol. The summed E-state index contributed by atoms with van der Waals surface area (Å²) in [5.41, 5.74) is 5.16. The molecule has 3 atom stereocenters. The van der Waals surface area contributed by atoms with Crippen molar-refractivity contribution in [2.24, 2.45) is 5.73 Å². The molecule has 0 saturated carbocycles. The lowest BCUT2D eigenvalue weighted by molar-refractivity contribution is -0.168. The van der Waals surface area contributed by atoms with Crippen molar-refractivity contribution in [2.75, 3.05) is 19.8 Å². The Kier molecular flexibility index (Phi) is 7.39. The van der Waals surface area contributed by atoms with Gasteiger partial charge in [0.15, 0.2) is 6.10 Å². The van der Waals surface area contributed by atoms with E-state index in [-0.39, 0.29) is 0 Å². The van der Waals surface area contributed by atoms with E-state index in [1.54, 1.807) is 0 Å². The van der Waals surface area contributed by atoms with Gasteiger partial charge in [-0.15, -0.1) is 0 Å². The van der Waals surface area contributed by atoms with E-state index < -0.39 is 50.0 Å².